The maximum absolute atomic E-state index is 12.6. The molecule has 1 heterocycles. The highest BCUT2D eigenvalue weighted by Gasteiger charge is 2.28. The Bertz CT molecular complexity index is 892. The molecule has 0 radical (unpaired) electrons. The van der Waals surface area contributed by atoms with Gasteiger partial charge in [0, 0.05) is 11.8 Å². The molecule has 0 aliphatic carbocycles. The summed E-state index contributed by atoms with van der Waals surface area (Å²) in [6, 6.07) is 12.9. The number of nitrogens with zero attached hydrogens (tertiary/aromatic N) is 1. The lowest BCUT2D eigenvalue weighted by molar-refractivity contribution is -0.115. The summed E-state index contributed by atoms with van der Waals surface area (Å²) < 4.78 is 23.3. The fourth-order valence-corrected chi connectivity index (χ4v) is 3.06. The predicted octanol–water partition coefficient (Wildman–Crippen LogP) is 1.69. The van der Waals surface area contributed by atoms with Crippen LogP contribution in [0.15, 0.2) is 53.4 Å². The molecule has 0 unspecified atom stereocenters. The number of benzene rings is 2. The van der Waals surface area contributed by atoms with E-state index in [4.69, 9.17) is 0 Å². The van der Waals surface area contributed by atoms with Gasteiger partial charge in [-0.3, -0.25) is 14.5 Å². The second-order valence-corrected chi connectivity index (χ2v) is 7.27. The SMILES string of the molecule is CS(=O)(=O)c1ccc2c(c1)NC(=O)CN2C(=O)c1ccccc1. The molecule has 2 amide bonds. The summed E-state index contributed by atoms with van der Waals surface area (Å²) in [6.45, 7) is -0.112. The third-order valence-corrected chi connectivity index (χ3v) is 4.64. The quantitative estimate of drug-likeness (QED) is 0.908. The summed E-state index contributed by atoms with van der Waals surface area (Å²) in [5.74, 6) is -0.679. The van der Waals surface area contributed by atoms with Crippen LogP contribution < -0.4 is 10.2 Å². The first-order valence-electron chi connectivity index (χ1n) is 6.87. The average molecular weight is 330 g/mol. The number of rotatable bonds is 2. The highest BCUT2D eigenvalue weighted by Crippen LogP contribution is 2.32. The Morgan fingerprint density at radius 1 is 1.13 bits per heavy atom. The van der Waals surface area contributed by atoms with Gasteiger partial charge >= 0.3 is 0 Å². The van der Waals surface area contributed by atoms with E-state index in [2.05, 4.69) is 5.32 Å². The van der Waals surface area contributed by atoms with Crippen LogP contribution in [0.1, 0.15) is 10.4 Å². The third-order valence-electron chi connectivity index (χ3n) is 3.53. The number of hydrogen-bond donors (Lipinski definition) is 1. The fourth-order valence-electron chi connectivity index (χ4n) is 2.42. The molecule has 118 valence electrons. The molecule has 1 aliphatic rings. The first-order chi connectivity index (χ1) is 10.9. The molecule has 0 saturated carbocycles. The maximum atomic E-state index is 12.6. The Morgan fingerprint density at radius 3 is 2.48 bits per heavy atom. The molecular weight excluding hydrogens is 316 g/mol. The molecule has 2 aromatic rings. The van der Waals surface area contributed by atoms with E-state index in [1.807, 2.05) is 0 Å². The van der Waals surface area contributed by atoms with Gasteiger partial charge in [-0.05, 0) is 30.3 Å². The van der Waals surface area contributed by atoms with Gasteiger partial charge in [-0.15, -0.1) is 0 Å². The molecular formula is C16H14N2O4S. The topological polar surface area (TPSA) is 83.6 Å². The lowest BCUT2D eigenvalue weighted by atomic mass is 10.1. The van der Waals surface area contributed by atoms with Crippen LogP contribution in [0, 0.1) is 0 Å². The first-order valence-corrected chi connectivity index (χ1v) is 8.76. The van der Waals surface area contributed by atoms with Crippen LogP contribution in [-0.4, -0.2) is 33.0 Å². The summed E-state index contributed by atoms with van der Waals surface area (Å²) in [7, 11) is -3.40. The molecule has 3 rings (SSSR count). The first kappa shape index (κ1) is 15.2. The number of fused-ring (bicyclic) bond motifs is 1. The minimum absolute atomic E-state index is 0.0885. The van der Waals surface area contributed by atoms with Crippen LogP contribution >= 0.6 is 0 Å². The third kappa shape index (κ3) is 2.95. The molecule has 1 N–H and O–H groups in total. The lowest BCUT2D eigenvalue weighted by Crippen LogP contribution is -2.42. The second-order valence-electron chi connectivity index (χ2n) is 5.26. The molecule has 6 nitrogen and oxygen atoms in total. The fraction of sp³-hybridized carbons (Fsp3) is 0.125. The van der Waals surface area contributed by atoms with Gasteiger partial charge in [0.25, 0.3) is 5.91 Å². The molecule has 23 heavy (non-hydrogen) atoms. The molecule has 0 fully saturated rings. The Kier molecular flexibility index (Phi) is 3.65. The van der Waals surface area contributed by atoms with Crippen molar-refractivity contribution in [1.29, 1.82) is 0 Å². The number of anilines is 2. The van der Waals surface area contributed by atoms with E-state index in [1.54, 1.807) is 30.3 Å². The van der Waals surface area contributed by atoms with E-state index in [9.17, 15) is 18.0 Å². The molecule has 1 aliphatic heterocycles. The van der Waals surface area contributed by atoms with Crippen molar-refractivity contribution in [3.05, 3.63) is 54.1 Å². The number of sulfone groups is 1. The van der Waals surface area contributed by atoms with Gasteiger partial charge in [-0.25, -0.2) is 8.42 Å². The number of carbonyl (C=O) groups is 2. The monoisotopic (exact) mass is 330 g/mol. The number of hydrogen-bond acceptors (Lipinski definition) is 4. The van der Waals surface area contributed by atoms with Gasteiger partial charge < -0.3 is 5.32 Å². The Hall–Kier alpha value is -2.67. The molecule has 2 aromatic carbocycles. The highest BCUT2D eigenvalue weighted by molar-refractivity contribution is 7.90. The van der Waals surface area contributed by atoms with Gasteiger partial charge in [-0.2, -0.15) is 0 Å². The summed E-state index contributed by atoms with van der Waals surface area (Å²) in [4.78, 5) is 25.9. The minimum Gasteiger partial charge on any atom is -0.323 e. The van der Waals surface area contributed by atoms with Crippen LogP contribution in [0.25, 0.3) is 0 Å². The van der Waals surface area contributed by atoms with Gasteiger partial charge in [-0.1, -0.05) is 18.2 Å². The van der Waals surface area contributed by atoms with Crippen molar-refractivity contribution < 1.29 is 18.0 Å². The van der Waals surface area contributed by atoms with Crippen LogP contribution in [0.4, 0.5) is 11.4 Å². The zero-order valence-corrected chi connectivity index (χ0v) is 13.1. The van der Waals surface area contributed by atoms with Crippen molar-refractivity contribution in [2.45, 2.75) is 4.90 Å². The smallest absolute Gasteiger partial charge is 0.258 e. The minimum atomic E-state index is -3.40. The summed E-state index contributed by atoms with van der Waals surface area (Å²) in [6.07, 6.45) is 1.09. The second kappa shape index (κ2) is 5.51. The zero-order chi connectivity index (χ0) is 16.6. The van der Waals surface area contributed by atoms with Gasteiger partial charge in [0.05, 0.1) is 16.3 Å². The molecule has 0 spiro atoms. The number of nitrogens with one attached hydrogen (secondary N) is 1. The van der Waals surface area contributed by atoms with Crippen molar-refractivity contribution in [1.82, 2.24) is 0 Å². The van der Waals surface area contributed by atoms with Crippen LogP contribution in [0.3, 0.4) is 0 Å². The van der Waals surface area contributed by atoms with Crippen molar-refractivity contribution in [2.75, 3.05) is 23.0 Å². The highest BCUT2D eigenvalue weighted by atomic mass is 32.2. The molecule has 0 aromatic heterocycles. The Balaban J connectivity index is 2.06. The van der Waals surface area contributed by atoms with Crippen molar-refractivity contribution in [3.63, 3.8) is 0 Å². The normalized spacial score (nSPS) is 14.1. The van der Waals surface area contributed by atoms with Gasteiger partial charge in [0.2, 0.25) is 5.91 Å². The number of carbonyl (C=O) groups excluding carboxylic acids is 2. The van der Waals surface area contributed by atoms with E-state index in [0.717, 1.165) is 6.26 Å². The van der Waals surface area contributed by atoms with Crippen molar-refractivity contribution in [3.8, 4) is 0 Å². The summed E-state index contributed by atoms with van der Waals surface area (Å²) in [5, 5.41) is 2.61. The average Bonchev–Trinajstić information content (AvgIpc) is 2.52. The van der Waals surface area contributed by atoms with Crippen LogP contribution in [0.5, 0.6) is 0 Å². The van der Waals surface area contributed by atoms with E-state index in [-0.39, 0.29) is 23.3 Å². The van der Waals surface area contributed by atoms with Crippen molar-refractivity contribution in [2.24, 2.45) is 0 Å². The van der Waals surface area contributed by atoms with E-state index < -0.39 is 9.84 Å². The van der Waals surface area contributed by atoms with Crippen LogP contribution in [-0.2, 0) is 14.6 Å². The largest absolute Gasteiger partial charge is 0.323 e. The van der Waals surface area contributed by atoms with E-state index in [1.165, 1.54) is 23.1 Å². The lowest BCUT2D eigenvalue weighted by Gasteiger charge is -2.29. The molecule has 0 saturated heterocycles. The summed E-state index contributed by atoms with van der Waals surface area (Å²) in [5.41, 5.74) is 1.25. The Morgan fingerprint density at radius 2 is 1.83 bits per heavy atom. The standard InChI is InChI=1S/C16H14N2O4S/c1-23(21,22)12-7-8-14-13(9-12)17-15(19)10-18(14)16(20)11-5-3-2-4-6-11/h2-9H,10H2,1H3,(H,17,19). The van der Waals surface area contributed by atoms with Crippen molar-refractivity contribution >= 4 is 33.0 Å². The van der Waals surface area contributed by atoms with E-state index in [0.29, 0.717) is 16.9 Å². The zero-order valence-electron chi connectivity index (χ0n) is 12.3. The Labute approximate surface area is 133 Å². The molecule has 0 bridgehead atoms. The molecule has 0 atom stereocenters. The predicted molar refractivity (Wildman–Crippen MR) is 86.3 cm³/mol. The summed E-state index contributed by atoms with van der Waals surface area (Å²) >= 11 is 0. The molecule has 7 heteroatoms. The number of amides is 2. The van der Waals surface area contributed by atoms with Gasteiger partial charge in [0.15, 0.2) is 9.84 Å². The maximum Gasteiger partial charge on any atom is 0.258 e. The van der Waals surface area contributed by atoms with Gasteiger partial charge in [0.1, 0.15) is 6.54 Å². The van der Waals surface area contributed by atoms with E-state index >= 15 is 0 Å². The van der Waals surface area contributed by atoms with Crippen LogP contribution in [0.2, 0.25) is 0 Å².